The fourth-order valence-electron chi connectivity index (χ4n) is 3.02. The number of hydrogen-bond donors (Lipinski definition) is 1. The first kappa shape index (κ1) is 18.8. The maximum atomic E-state index is 12.7. The van der Waals surface area contributed by atoms with Crippen molar-refractivity contribution in [3.05, 3.63) is 102 Å². The van der Waals surface area contributed by atoms with Gasteiger partial charge in [0.15, 0.2) is 0 Å². The molecule has 2 heterocycles. The number of amides is 1. The van der Waals surface area contributed by atoms with Crippen LogP contribution in [0.1, 0.15) is 27.2 Å². The molecule has 0 aliphatic rings. The van der Waals surface area contributed by atoms with Gasteiger partial charge in [-0.1, -0.05) is 30.3 Å². The number of nitrogens with zero attached hydrogens (tertiary/aromatic N) is 3. The van der Waals surface area contributed by atoms with Crippen molar-refractivity contribution in [2.75, 3.05) is 0 Å². The van der Waals surface area contributed by atoms with Crippen LogP contribution in [-0.2, 0) is 12.3 Å². The third kappa shape index (κ3) is 4.48. The molecule has 0 aliphatic carbocycles. The molecule has 0 radical (unpaired) electrons. The van der Waals surface area contributed by atoms with Gasteiger partial charge in [-0.25, -0.2) is 4.98 Å². The van der Waals surface area contributed by atoms with Crippen LogP contribution < -0.4 is 5.32 Å². The standard InChI is InChI=1S/C23H18N4OS/c24-13-17-6-5-7-18(12-17)14-25-23(28)20-8-1-2-9-21(20)29-16-19-15-27-11-4-3-10-22(27)26-19/h1-12,15H,14,16H2,(H,25,28). The molecule has 4 aromatic rings. The summed E-state index contributed by atoms with van der Waals surface area (Å²) in [6.45, 7) is 0.375. The van der Waals surface area contributed by atoms with Gasteiger partial charge in [0.1, 0.15) is 5.65 Å². The summed E-state index contributed by atoms with van der Waals surface area (Å²) in [6.07, 6.45) is 3.98. The number of hydrogen-bond acceptors (Lipinski definition) is 4. The van der Waals surface area contributed by atoms with Gasteiger partial charge in [0, 0.05) is 29.6 Å². The second-order valence-electron chi connectivity index (χ2n) is 6.48. The molecule has 5 nitrogen and oxygen atoms in total. The lowest BCUT2D eigenvalue weighted by molar-refractivity contribution is 0.0948. The van der Waals surface area contributed by atoms with Gasteiger partial charge in [-0.05, 0) is 42.0 Å². The van der Waals surface area contributed by atoms with Gasteiger partial charge in [-0.2, -0.15) is 5.26 Å². The van der Waals surface area contributed by atoms with Crippen molar-refractivity contribution in [2.24, 2.45) is 0 Å². The number of nitriles is 1. The highest BCUT2D eigenvalue weighted by atomic mass is 32.2. The molecule has 0 atom stereocenters. The second-order valence-corrected chi connectivity index (χ2v) is 7.50. The summed E-state index contributed by atoms with van der Waals surface area (Å²) in [5.74, 6) is 0.543. The van der Waals surface area contributed by atoms with Crippen molar-refractivity contribution in [2.45, 2.75) is 17.2 Å². The molecule has 1 N–H and O–H groups in total. The summed E-state index contributed by atoms with van der Waals surface area (Å²) in [7, 11) is 0. The highest BCUT2D eigenvalue weighted by molar-refractivity contribution is 7.98. The van der Waals surface area contributed by atoms with E-state index < -0.39 is 0 Å². The number of pyridine rings is 1. The Bertz CT molecular complexity index is 1180. The van der Waals surface area contributed by atoms with Crippen LogP contribution in [0.2, 0.25) is 0 Å². The van der Waals surface area contributed by atoms with E-state index in [1.807, 2.05) is 71.4 Å². The van der Waals surface area contributed by atoms with Crippen molar-refractivity contribution in [3.63, 3.8) is 0 Å². The second kappa shape index (κ2) is 8.63. The summed E-state index contributed by atoms with van der Waals surface area (Å²) < 4.78 is 1.99. The van der Waals surface area contributed by atoms with E-state index in [4.69, 9.17) is 5.26 Å². The summed E-state index contributed by atoms with van der Waals surface area (Å²) in [6, 6.07) is 22.8. The van der Waals surface area contributed by atoms with E-state index in [1.54, 1.807) is 23.9 Å². The zero-order valence-corrected chi connectivity index (χ0v) is 16.4. The van der Waals surface area contributed by atoms with Crippen molar-refractivity contribution in [1.29, 1.82) is 5.26 Å². The van der Waals surface area contributed by atoms with Crippen LogP contribution in [0.5, 0.6) is 0 Å². The number of thioether (sulfide) groups is 1. The van der Waals surface area contributed by atoms with Crippen LogP contribution in [0.15, 0.2) is 84.0 Å². The quantitative estimate of drug-likeness (QED) is 0.488. The Balaban J connectivity index is 1.44. The predicted molar refractivity (Wildman–Crippen MR) is 114 cm³/mol. The lowest BCUT2D eigenvalue weighted by Gasteiger charge is -2.10. The normalized spacial score (nSPS) is 10.6. The topological polar surface area (TPSA) is 70.2 Å². The maximum Gasteiger partial charge on any atom is 0.252 e. The van der Waals surface area contributed by atoms with Crippen molar-refractivity contribution in [3.8, 4) is 6.07 Å². The zero-order valence-electron chi connectivity index (χ0n) is 15.6. The molecule has 0 spiro atoms. The molecular weight excluding hydrogens is 380 g/mol. The Morgan fingerprint density at radius 1 is 1.10 bits per heavy atom. The van der Waals surface area contributed by atoms with Crippen LogP contribution in [0.4, 0.5) is 0 Å². The van der Waals surface area contributed by atoms with E-state index in [2.05, 4.69) is 16.4 Å². The summed E-state index contributed by atoms with van der Waals surface area (Å²) in [4.78, 5) is 18.3. The maximum absolute atomic E-state index is 12.7. The SMILES string of the molecule is N#Cc1cccc(CNC(=O)c2ccccc2SCc2cn3ccccc3n2)c1. The highest BCUT2D eigenvalue weighted by Crippen LogP contribution is 2.26. The monoisotopic (exact) mass is 398 g/mol. The first-order valence-corrected chi connectivity index (χ1v) is 10.1. The molecule has 0 saturated carbocycles. The van der Waals surface area contributed by atoms with Gasteiger partial charge >= 0.3 is 0 Å². The minimum absolute atomic E-state index is 0.134. The third-order valence-corrected chi connectivity index (χ3v) is 5.54. The number of rotatable bonds is 6. The van der Waals surface area contributed by atoms with Gasteiger partial charge in [0.05, 0.1) is 22.9 Å². The smallest absolute Gasteiger partial charge is 0.252 e. The Hall–Kier alpha value is -3.56. The van der Waals surface area contributed by atoms with E-state index in [1.165, 1.54) is 0 Å². The average molecular weight is 398 g/mol. The summed E-state index contributed by atoms with van der Waals surface area (Å²) in [5.41, 5.74) is 3.99. The van der Waals surface area contributed by atoms with E-state index in [-0.39, 0.29) is 5.91 Å². The minimum Gasteiger partial charge on any atom is -0.348 e. The first-order chi connectivity index (χ1) is 14.2. The lowest BCUT2D eigenvalue weighted by atomic mass is 10.1. The van der Waals surface area contributed by atoms with E-state index in [9.17, 15) is 4.79 Å². The van der Waals surface area contributed by atoms with Crippen molar-refractivity contribution < 1.29 is 4.79 Å². The van der Waals surface area contributed by atoms with Gasteiger partial charge in [0.25, 0.3) is 5.91 Å². The molecule has 29 heavy (non-hydrogen) atoms. The largest absolute Gasteiger partial charge is 0.348 e. The average Bonchev–Trinajstić information content (AvgIpc) is 3.19. The van der Waals surface area contributed by atoms with Gasteiger partial charge in [-0.3, -0.25) is 4.79 Å². The van der Waals surface area contributed by atoms with Crippen LogP contribution in [-0.4, -0.2) is 15.3 Å². The molecule has 2 aromatic carbocycles. The van der Waals surface area contributed by atoms with Gasteiger partial charge < -0.3 is 9.72 Å². The van der Waals surface area contributed by atoms with Gasteiger partial charge in [-0.15, -0.1) is 11.8 Å². The Morgan fingerprint density at radius 3 is 2.83 bits per heavy atom. The number of carbonyl (C=O) groups excluding carboxylic acids is 1. The zero-order chi connectivity index (χ0) is 20.1. The molecule has 2 aromatic heterocycles. The Morgan fingerprint density at radius 2 is 1.97 bits per heavy atom. The van der Waals surface area contributed by atoms with Crippen LogP contribution >= 0.6 is 11.8 Å². The lowest BCUT2D eigenvalue weighted by Crippen LogP contribution is -2.23. The van der Waals surface area contributed by atoms with Crippen LogP contribution in [0.25, 0.3) is 5.65 Å². The van der Waals surface area contributed by atoms with Gasteiger partial charge in [0.2, 0.25) is 0 Å². The molecule has 0 fully saturated rings. The molecule has 0 unspecified atom stereocenters. The van der Waals surface area contributed by atoms with Crippen LogP contribution in [0.3, 0.4) is 0 Å². The first-order valence-electron chi connectivity index (χ1n) is 9.14. The highest BCUT2D eigenvalue weighted by Gasteiger charge is 2.12. The number of imidazole rings is 1. The Kier molecular flexibility index (Phi) is 5.59. The minimum atomic E-state index is -0.134. The molecule has 0 aliphatic heterocycles. The fourth-order valence-corrected chi connectivity index (χ4v) is 3.95. The fraction of sp³-hybridized carbons (Fsp3) is 0.0870. The number of nitrogens with one attached hydrogen (secondary N) is 1. The third-order valence-electron chi connectivity index (χ3n) is 4.43. The summed E-state index contributed by atoms with van der Waals surface area (Å²) >= 11 is 1.59. The molecule has 1 amide bonds. The molecule has 142 valence electrons. The number of aromatic nitrogens is 2. The molecule has 0 saturated heterocycles. The van der Waals surface area contributed by atoms with Crippen LogP contribution in [0, 0.1) is 11.3 Å². The molecule has 4 rings (SSSR count). The summed E-state index contributed by atoms with van der Waals surface area (Å²) in [5, 5.41) is 12.0. The number of fused-ring (bicyclic) bond motifs is 1. The van der Waals surface area contributed by atoms with E-state index in [0.29, 0.717) is 23.4 Å². The Labute approximate surface area is 173 Å². The van der Waals surface area contributed by atoms with E-state index >= 15 is 0 Å². The van der Waals surface area contributed by atoms with Crippen molar-refractivity contribution >= 4 is 23.3 Å². The van der Waals surface area contributed by atoms with Crippen molar-refractivity contribution in [1.82, 2.24) is 14.7 Å². The molecule has 6 heteroatoms. The number of benzene rings is 2. The molecule has 0 bridgehead atoms. The number of carbonyl (C=O) groups is 1. The van der Waals surface area contributed by atoms with E-state index in [0.717, 1.165) is 21.8 Å². The predicted octanol–water partition coefficient (Wildman–Crippen LogP) is 4.43. The molecular formula is C23H18N4OS.